The van der Waals surface area contributed by atoms with Crippen molar-refractivity contribution in [2.45, 2.75) is 32.2 Å². The zero-order valence-electron chi connectivity index (χ0n) is 11.4. The number of nitrogens with zero attached hydrogens (tertiary/aromatic N) is 2. The Bertz CT molecular complexity index is 526. The van der Waals surface area contributed by atoms with Gasteiger partial charge in [0.05, 0.1) is 11.5 Å². The molecule has 20 heavy (non-hydrogen) atoms. The quantitative estimate of drug-likeness (QED) is 0.658. The molecule has 1 saturated carbocycles. The van der Waals surface area contributed by atoms with Crippen molar-refractivity contribution in [3.8, 4) is 0 Å². The van der Waals surface area contributed by atoms with E-state index < -0.39 is 4.92 Å². The molecule has 0 aromatic heterocycles. The standard InChI is InChI=1S/C14H18N2O4/c1-10-5-6-11(9-13(10)16(19)20)14(18)15(7-8-17)12-3-2-4-12/h5-6,9,12,17H,2-4,7-8H2,1H3. The summed E-state index contributed by atoms with van der Waals surface area (Å²) in [6, 6.07) is 4.66. The van der Waals surface area contributed by atoms with Gasteiger partial charge in [0.25, 0.3) is 11.6 Å². The highest BCUT2D eigenvalue weighted by Gasteiger charge is 2.29. The Labute approximate surface area is 117 Å². The van der Waals surface area contributed by atoms with Crippen molar-refractivity contribution in [2.24, 2.45) is 0 Å². The molecule has 6 heteroatoms. The van der Waals surface area contributed by atoms with Crippen molar-refractivity contribution in [1.82, 2.24) is 4.90 Å². The number of hydrogen-bond acceptors (Lipinski definition) is 4. The lowest BCUT2D eigenvalue weighted by Gasteiger charge is -2.37. The normalized spacial score (nSPS) is 14.7. The molecule has 0 heterocycles. The average Bonchev–Trinajstić information content (AvgIpc) is 2.35. The van der Waals surface area contributed by atoms with E-state index in [0.29, 0.717) is 11.1 Å². The molecular weight excluding hydrogens is 260 g/mol. The van der Waals surface area contributed by atoms with Crippen molar-refractivity contribution in [1.29, 1.82) is 0 Å². The largest absolute Gasteiger partial charge is 0.395 e. The molecule has 1 fully saturated rings. The van der Waals surface area contributed by atoms with Crippen LogP contribution in [0, 0.1) is 17.0 Å². The van der Waals surface area contributed by atoms with E-state index in [-0.39, 0.29) is 30.8 Å². The molecule has 0 radical (unpaired) electrons. The Morgan fingerprint density at radius 2 is 2.20 bits per heavy atom. The molecule has 0 spiro atoms. The minimum atomic E-state index is -0.480. The molecule has 1 aromatic rings. The van der Waals surface area contributed by atoms with E-state index in [2.05, 4.69) is 0 Å². The van der Waals surface area contributed by atoms with Crippen LogP contribution in [-0.2, 0) is 0 Å². The van der Waals surface area contributed by atoms with E-state index in [4.69, 9.17) is 5.11 Å². The fraction of sp³-hybridized carbons (Fsp3) is 0.500. The summed E-state index contributed by atoms with van der Waals surface area (Å²) in [7, 11) is 0. The van der Waals surface area contributed by atoms with Crippen LogP contribution < -0.4 is 0 Å². The van der Waals surface area contributed by atoms with Crippen LogP contribution in [0.15, 0.2) is 18.2 Å². The van der Waals surface area contributed by atoms with Crippen LogP contribution in [0.5, 0.6) is 0 Å². The minimum absolute atomic E-state index is 0.0478. The van der Waals surface area contributed by atoms with E-state index in [1.165, 1.54) is 6.07 Å². The number of hydrogen-bond donors (Lipinski definition) is 1. The van der Waals surface area contributed by atoms with E-state index in [1.54, 1.807) is 24.0 Å². The van der Waals surface area contributed by atoms with E-state index >= 15 is 0 Å². The van der Waals surface area contributed by atoms with Gasteiger partial charge in [0.2, 0.25) is 0 Å². The van der Waals surface area contributed by atoms with Crippen molar-refractivity contribution >= 4 is 11.6 Å². The molecule has 1 aromatic carbocycles. The molecule has 1 N–H and O–H groups in total. The van der Waals surface area contributed by atoms with Crippen LogP contribution >= 0.6 is 0 Å². The Balaban J connectivity index is 2.26. The first-order valence-electron chi connectivity index (χ1n) is 6.71. The fourth-order valence-electron chi connectivity index (χ4n) is 2.36. The van der Waals surface area contributed by atoms with Gasteiger partial charge in [-0.2, -0.15) is 0 Å². The Hall–Kier alpha value is -1.95. The zero-order chi connectivity index (χ0) is 14.7. The molecule has 0 aliphatic heterocycles. The summed E-state index contributed by atoms with van der Waals surface area (Å²) in [5.41, 5.74) is 0.792. The number of benzene rings is 1. The van der Waals surface area contributed by atoms with Gasteiger partial charge in [-0.05, 0) is 32.3 Å². The maximum absolute atomic E-state index is 12.4. The Morgan fingerprint density at radius 3 is 2.70 bits per heavy atom. The third-order valence-electron chi connectivity index (χ3n) is 3.77. The van der Waals surface area contributed by atoms with Crippen LogP contribution in [0.2, 0.25) is 0 Å². The van der Waals surface area contributed by atoms with Gasteiger partial charge in [-0.15, -0.1) is 0 Å². The maximum Gasteiger partial charge on any atom is 0.273 e. The van der Waals surface area contributed by atoms with Gasteiger partial charge >= 0.3 is 0 Å². The maximum atomic E-state index is 12.4. The topological polar surface area (TPSA) is 83.7 Å². The summed E-state index contributed by atoms with van der Waals surface area (Å²) in [4.78, 5) is 24.5. The first-order chi connectivity index (χ1) is 9.54. The van der Waals surface area contributed by atoms with Gasteiger partial charge in [0, 0.05) is 29.8 Å². The highest BCUT2D eigenvalue weighted by atomic mass is 16.6. The van der Waals surface area contributed by atoms with E-state index in [1.807, 2.05) is 0 Å². The highest BCUT2D eigenvalue weighted by molar-refractivity contribution is 5.95. The summed E-state index contributed by atoms with van der Waals surface area (Å²) in [5, 5.41) is 20.0. The van der Waals surface area contributed by atoms with Gasteiger partial charge in [0.15, 0.2) is 0 Å². The van der Waals surface area contributed by atoms with Crippen molar-refractivity contribution in [2.75, 3.05) is 13.2 Å². The molecule has 6 nitrogen and oxygen atoms in total. The van der Waals surface area contributed by atoms with Gasteiger partial charge in [-0.3, -0.25) is 14.9 Å². The predicted molar refractivity (Wildman–Crippen MR) is 73.6 cm³/mol. The van der Waals surface area contributed by atoms with E-state index in [9.17, 15) is 14.9 Å². The Kier molecular flexibility index (Phi) is 4.34. The minimum Gasteiger partial charge on any atom is -0.395 e. The molecular formula is C14H18N2O4. The molecule has 1 aliphatic rings. The molecule has 0 unspecified atom stereocenters. The van der Waals surface area contributed by atoms with Gasteiger partial charge < -0.3 is 10.0 Å². The Morgan fingerprint density at radius 1 is 1.50 bits per heavy atom. The highest BCUT2D eigenvalue weighted by Crippen LogP contribution is 2.27. The van der Waals surface area contributed by atoms with Gasteiger partial charge in [-0.25, -0.2) is 0 Å². The number of rotatable bonds is 5. The SMILES string of the molecule is Cc1ccc(C(=O)N(CCO)C2CCC2)cc1[N+](=O)[O-]. The first kappa shape index (κ1) is 14.5. The third kappa shape index (κ3) is 2.80. The van der Waals surface area contributed by atoms with Gasteiger partial charge in [0.1, 0.15) is 0 Å². The van der Waals surface area contributed by atoms with Crippen LogP contribution in [0.3, 0.4) is 0 Å². The second-order valence-electron chi connectivity index (χ2n) is 5.07. The second kappa shape index (κ2) is 6.00. The summed E-state index contributed by atoms with van der Waals surface area (Å²) in [6.45, 7) is 1.81. The first-order valence-corrected chi connectivity index (χ1v) is 6.71. The van der Waals surface area contributed by atoms with Crippen LogP contribution in [0.1, 0.15) is 35.2 Å². The van der Waals surface area contributed by atoms with Crippen molar-refractivity contribution in [3.63, 3.8) is 0 Å². The van der Waals surface area contributed by atoms with Crippen molar-refractivity contribution in [3.05, 3.63) is 39.4 Å². The smallest absolute Gasteiger partial charge is 0.273 e. The molecule has 2 rings (SSSR count). The number of aliphatic hydroxyl groups is 1. The second-order valence-corrected chi connectivity index (χ2v) is 5.07. The molecule has 1 aliphatic carbocycles. The van der Waals surface area contributed by atoms with Crippen LogP contribution in [-0.4, -0.2) is 40.0 Å². The summed E-state index contributed by atoms with van der Waals surface area (Å²) in [5.74, 6) is -0.244. The number of nitro groups is 1. The molecule has 1 amide bonds. The summed E-state index contributed by atoms with van der Waals surface area (Å²) in [6.07, 6.45) is 2.94. The van der Waals surface area contributed by atoms with Crippen molar-refractivity contribution < 1.29 is 14.8 Å². The lowest BCUT2D eigenvalue weighted by molar-refractivity contribution is -0.385. The molecule has 0 saturated heterocycles. The lowest BCUT2D eigenvalue weighted by Crippen LogP contribution is -2.45. The fourth-order valence-corrected chi connectivity index (χ4v) is 2.36. The summed E-state index contributed by atoms with van der Waals surface area (Å²) < 4.78 is 0. The van der Waals surface area contributed by atoms with Gasteiger partial charge in [-0.1, -0.05) is 6.07 Å². The number of nitro benzene ring substituents is 1. The third-order valence-corrected chi connectivity index (χ3v) is 3.77. The van der Waals surface area contributed by atoms with Crippen LogP contribution in [0.4, 0.5) is 5.69 Å². The number of amides is 1. The van der Waals surface area contributed by atoms with E-state index in [0.717, 1.165) is 19.3 Å². The lowest BCUT2D eigenvalue weighted by atomic mass is 9.91. The summed E-state index contributed by atoms with van der Waals surface area (Å²) >= 11 is 0. The zero-order valence-corrected chi connectivity index (χ0v) is 11.4. The number of aryl methyl sites for hydroxylation is 1. The molecule has 0 atom stereocenters. The predicted octanol–water partition coefficient (Wildman–Crippen LogP) is 1.89. The number of carbonyl (C=O) groups is 1. The number of carbonyl (C=O) groups excluding carboxylic acids is 1. The molecule has 108 valence electrons. The molecule has 0 bridgehead atoms. The monoisotopic (exact) mass is 278 g/mol. The van der Waals surface area contributed by atoms with Crippen LogP contribution in [0.25, 0.3) is 0 Å². The number of aliphatic hydroxyl groups excluding tert-OH is 1. The average molecular weight is 278 g/mol.